The summed E-state index contributed by atoms with van der Waals surface area (Å²) in [6.07, 6.45) is -0.321. The van der Waals surface area contributed by atoms with Gasteiger partial charge in [0.15, 0.2) is 0 Å². The molecule has 0 saturated carbocycles. The van der Waals surface area contributed by atoms with Crippen LogP contribution in [0.5, 0.6) is 0 Å². The van der Waals surface area contributed by atoms with Crippen molar-refractivity contribution in [3.8, 4) is 0 Å². The van der Waals surface area contributed by atoms with Crippen LogP contribution in [0.25, 0.3) is 0 Å². The second kappa shape index (κ2) is 7.95. The van der Waals surface area contributed by atoms with Crippen molar-refractivity contribution in [1.82, 2.24) is 0 Å². The van der Waals surface area contributed by atoms with Gasteiger partial charge >= 0.3 is 5.97 Å². The highest BCUT2D eigenvalue weighted by Gasteiger charge is 2.12. The van der Waals surface area contributed by atoms with E-state index < -0.39 is 0 Å². The van der Waals surface area contributed by atoms with Gasteiger partial charge in [0.2, 0.25) is 0 Å². The van der Waals surface area contributed by atoms with Crippen LogP contribution in [0, 0.1) is 0 Å². The first-order chi connectivity index (χ1) is 8.63. The number of carbonyl (C=O) groups excluding carboxylic acids is 1. The van der Waals surface area contributed by atoms with Gasteiger partial charge in [0.1, 0.15) is 6.10 Å². The van der Waals surface area contributed by atoms with Gasteiger partial charge in [-0.15, -0.1) is 0 Å². The van der Waals surface area contributed by atoms with E-state index in [1.165, 1.54) is 6.92 Å². The lowest BCUT2D eigenvalue weighted by molar-refractivity contribution is -0.148. The van der Waals surface area contributed by atoms with Crippen molar-refractivity contribution < 1.29 is 14.3 Å². The quantitative estimate of drug-likeness (QED) is 0.775. The minimum absolute atomic E-state index is 0.319. The lowest BCUT2D eigenvalue weighted by Crippen LogP contribution is -2.30. The van der Waals surface area contributed by atoms with Crippen LogP contribution in [0.2, 0.25) is 5.02 Å². The van der Waals surface area contributed by atoms with Crippen LogP contribution < -0.4 is 5.32 Å². The molecular weight excluding hydrogens is 254 g/mol. The van der Waals surface area contributed by atoms with Crippen LogP contribution in [0.3, 0.4) is 0 Å². The third-order valence-electron chi connectivity index (χ3n) is 2.23. The Balaban J connectivity index is 2.50. The Morgan fingerprint density at radius 2 is 2.17 bits per heavy atom. The molecule has 1 atom stereocenters. The average molecular weight is 272 g/mol. The highest BCUT2D eigenvalue weighted by atomic mass is 35.5. The van der Waals surface area contributed by atoms with Crippen LogP contribution in [0.15, 0.2) is 24.3 Å². The van der Waals surface area contributed by atoms with E-state index in [9.17, 15) is 4.79 Å². The number of nitrogens with one attached hydrogen (secondary N) is 1. The van der Waals surface area contributed by atoms with Gasteiger partial charge in [-0.1, -0.05) is 23.7 Å². The largest absolute Gasteiger partial charge is 0.458 e. The predicted octanol–water partition coefficient (Wildman–Crippen LogP) is 2.72. The van der Waals surface area contributed by atoms with E-state index in [1.807, 2.05) is 25.1 Å². The minimum atomic E-state index is -0.321. The summed E-state index contributed by atoms with van der Waals surface area (Å²) in [5, 5.41) is 3.77. The molecule has 1 N–H and O–H groups in total. The number of rotatable bonds is 7. The Morgan fingerprint density at radius 1 is 1.44 bits per heavy atom. The van der Waals surface area contributed by atoms with Gasteiger partial charge in [-0.05, 0) is 19.1 Å². The number of esters is 1. The van der Waals surface area contributed by atoms with E-state index in [-0.39, 0.29) is 12.1 Å². The zero-order valence-corrected chi connectivity index (χ0v) is 11.4. The second-order valence-electron chi connectivity index (χ2n) is 3.75. The van der Waals surface area contributed by atoms with Gasteiger partial charge in [-0.2, -0.15) is 0 Å². The summed E-state index contributed by atoms with van der Waals surface area (Å²) in [5.74, 6) is -0.319. The maximum Gasteiger partial charge on any atom is 0.303 e. The third-order valence-corrected chi connectivity index (χ3v) is 2.56. The molecule has 100 valence electrons. The average Bonchev–Trinajstić information content (AvgIpc) is 2.34. The van der Waals surface area contributed by atoms with Crippen molar-refractivity contribution in [2.45, 2.75) is 20.0 Å². The van der Waals surface area contributed by atoms with Crippen LogP contribution in [-0.2, 0) is 14.3 Å². The molecule has 5 heteroatoms. The fourth-order valence-corrected chi connectivity index (χ4v) is 1.65. The normalized spacial score (nSPS) is 11.9. The summed E-state index contributed by atoms with van der Waals surface area (Å²) in [5.41, 5.74) is 0.813. The van der Waals surface area contributed by atoms with Crippen LogP contribution >= 0.6 is 11.6 Å². The molecule has 0 aliphatic rings. The maximum absolute atomic E-state index is 11.0. The molecule has 1 aromatic carbocycles. The lowest BCUT2D eigenvalue weighted by atomic mass is 10.3. The van der Waals surface area contributed by atoms with Gasteiger partial charge in [0.25, 0.3) is 0 Å². The Morgan fingerprint density at radius 3 is 2.78 bits per heavy atom. The van der Waals surface area contributed by atoms with Crippen molar-refractivity contribution in [3.63, 3.8) is 0 Å². The molecule has 0 saturated heterocycles. The predicted molar refractivity (Wildman–Crippen MR) is 72.0 cm³/mol. The fourth-order valence-electron chi connectivity index (χ4n) is 1.45. The summed E-state index contributed by atoms with van der Waals surface area (Å²) < 4.78 is 10.4. The molecular formula is C13H18ClNO3. The number of hydrogen-bond donors (Lipinski definition) is 1. The van der Waals surface area contributed by atoms with Crippen LogP contribution in [0.1, 0.15) is 13.8 Å². The Hall–Kier alpha value is -1.26. The first-order valence-electron chi connectivity index (χ1n) is 5.86. The Kier molecular flexibility index (Phi) is 6.54. The zero-order chi connectivity index (χ0) is 13.4. The number of benzene rings is 1. The van der Waals surface area contributed by atoms with Gasteiger partial charge in [0, 0.05) is 13.5 Å². The molecule has 1 rings (SSSR count). The molecule has 0 spiro atoms. The molecule has 0 aliphatic heterocycles. The van der Waals surface area contributed by atoms with Gasteiger partial charge in [-0.3, -0.25) is 4.79 Å². The van der Waals surface area contributed by atoms with Crippen LogP contribution in [-0.4, -0.2) is 31.8 Å². The monoisotopic (exact) mass is 271 g/mol. The standard InChI is InChI=1S/C13H18ClNO3/c1-3-17-9-11(18-10(2)16)8-15-13-7-5-4-6-12(13)14/h4-7,11,15H,3,8-9H2,1-2H3. The summed E-state index contributed by atoms with van der Waals surface area (Å²) in [6.45, 7) is 4.70. The van der Waals surface area contributed by atoms with E-state index >= 15 is 0 Å². The molecule has 4 nitrogen and oxygen atoms in total. The van der Waals surface area contributed by atoms with E-state index in [2.05, 4.69) is 5.32 Å². The summed E-state index contributed by atoms with van der Waals surface area (Å²) in [7, 11) is 0. The third kappa shape index (κ3) is 5.38. The number of hydrogen-bond acceptors (Lipinski definition) is 4. The van der Waals surface area contributed by atoms with Gasteiger partial charge in [0.05, 0.1) is 23.9 Å². The van der Waals surface area contributed by atoms with E-state index in [0.29, 0.717) is 24.8 Å². The van der Waals surface area contributed by atoms with E-state index in [4.69, 9.17) is 21.1 Å². The highest BCUT2D eigenvalue weighted by Crippen LogP contribution is 2.20. The molecule has 1 aromatic rings. The minimum Gasteiger partial charge on any atom is -0.458 e. The summed E-state index contributed by atoms with van der Waals surface area (Å²) >= 11 is 6.02. The highest BCUT2D eigenvalue weighted by molar-refractivity contribution is 6.33. The van der Waals surface area contributed by atoms with Gasteiger partial charge in [-0.25, -0.2) is 0 Å². The molecule has 0 bridgehead atoms. The van der Waals surface area contributed by atoms with Crippen molar-refractivity contribution in [2.75, 3.05) is 25.1 Å². The lowest BCUT2D eigenvalue weighted by Gasteiger charge is -2.18. The van der Waals surface area contributed by atoms with Gasteiger partial charge < -0.3 is 14.8 Å². The summed E-state index contributed by atoms with van der Waals surface area (Å²) in [6, 6.07) is 7.41. The molecule has 1 unspecified atom stereocenters. The first kappa shape index (κ1) is 14.8. The topological polar surface area (TPSA) is 47.6 Å². The number of ether oxygens (including phenoxy) is 2. The molecule has 0 fully saturated rings. The summed E-state index contributed by atoms with van der Waals surface area (Å²) in [4.78, 5) is 11.0. The molecule has 18 heavy (non-hydrogen) atoms. The fraction of sp³-hybridized carbons (Fsp3) is 0.462. The number of carbonyl (C=O) groups is 1. The van der Waals surface area contributed by atoms with Crippen molar-refractivity contribution in [3.05, 3.63) is 29.3 Å². The van der Waals surface area contributed by atoms with Crippen molar-refractivity contribution in [2.24, 2.45) is 0 Å². The number of anilines is 1. The molecule has 0 aliphatic carbocycles. The number of para-hydroxylation sites is 1. The van der Waals surface area contributed by atoms with E-state index in [1.54, 1.807) is 6.07 Å². The first-order valence-corrected chi connectivity index (χ1v) is 6.24. The number of halogens is 1. The Labute approximate surface area is 112 Å². The molecule has 0 aromatic heterocycles. The molecule has 0 heterocycles. The van der Waals surface area contributed by atoms with Crippen LogP contribution in [0.4, 0.5) is 5.69 Å². The molecule has 0 amide bonds. The second-order valence-corrected chi connectivity index (χ2v) is 4.16. The van der Waals surface area contributed by atoms with E-state index in [0.717, 1.165) is 5.69 Å². The smallest absolute Gasteiger partial charge is 0.303 e. The van der Waals surface area contributed by atoms with Crippen molar-refractivity contribution >= 4 is 23.3 Å². The molecule has 0 radical (unpaired) electrons. The zero-order valence-electron chi connectivity index (χ0n) is 10.6. The SMILES string of the molecule is CCOCC(CNc1ccccc1Cl)OC(C)=O. The maximum atomic E-state index is 11.0. The Bertz CT molecular complexity index is 384. The van der Waals surface area contributed by atoms with Crippen molar-refractivity contribution in [1.29, 1.82) is 0 Å².